The van der Waals surface area contributed by atoms with Gasteiger partial charge in [0.05, 0.1) is 0 Å². The van der Waals surface area contributed by atoms with Crippen molar-refractivity contribution >= 4 is 7.14 Å². The summed E-state index contributed by atoms with van der Waals surface area (Å²) in [5.41, 5.74) is 0. The predicted octanol–water partition coefficient (Wildman–Crippen LogP) is 1.38. The molecule has 0 amide bonds. The number of nitrogens with zero attached hydrogens (tertiary/aromatic N) is 4. The molecule has 1 aromatic rings. The molecule has 74 valence electrons. The first-order chi connectivity index (χ1) is 5.88. The van der Waals surface area contributed by atoms with Crippen molar-refractivity contribution in [3.63, 3.8) is 0 Å². The number of tetrazole rings is 1. The lowest BCUT2D eigenvalue weighted by Crippen LogP contribution is -2.03. The van der Waals surface area contributed by atoms with Gasteiger partial charge in [-0.1, -0.05) is 13.8 Å². The molecule has 1 rings (SSSR count). The van der Waals surface area contributed by atoms with Crippen LogP contribution in [0.4, 0.5) is 0 Å². The Morgan fingerprint density at radius 1 is 1.46 bits per heavy atom. The minimum Gasteiger partial charge on any atom is -0.322 e. The summed E-state index contributed by atoms with van der Waals surface area (Å²) >= 11 is 0. The number of aromatic nitrogens is 4. The van der Waals surface area contributed by atoms with Crippen molar-refractivity contribution < 1.29 is 4.57 Å². The largest absolute Gasteiger partial charge is 0.322 e. The molecule has 0 radical (unpaired) electrons. The van der Waals surface area contributed by atoms with Crippen LogP contribution in [0.5, 0.6) is 0 Å². The molecule has 0 atom stereocenters. The van der Waals surface area contributed by atoms with E-state index in [1.807, 2.05) is 13.8 Å². The highest BCUT2D eigenvalue weighted by Gasteiger charge is 2.12. The summed E-state index contributed by atoms with van der Waals surface area (Å²) in [5.74, 6) is 0.968. The van der Waals surface area contributed by atoms with Gasteiger partial charge in [0, 0.05) is 5.92 Å². The fourth-order valence-corrected chi connectivity index (χ4v) is 1.58. The van der Waals surface area contributed by atoms with Crippen LogP contribution in [-0.4, -0.2) is 33.5 Å². The Hall–Kier alpha value is -0.700. The van der Waals surface area contributed by atoms with Crippen LogP contribution in [0.25, 0.3) is 0 Å². The zero-order chi connectivity index (χ0) is 10.1. The molecule has 0 unspecified atom stereocenters. The van der Waals surface area contributed by atoms with E-state index in [0.29, 0.717) is 12.1 Å². The Balaban J connectivity index is 2.75. The molecule has 0 aliphatic heterocycles. The highest BCUT2D eigenvalue weighted by atomic mass is 31.2. The lowest BCUT2D eigenvalue weighted by Gasteiger charge is -2.03. The van der Waals surface area contributed by atoms with Crippen molar-refractivity contribution in [2.75, 3.05) is 13.3 Å². The van der Waals surface area contributed by atoms with Gasteiger partial charge in [-0.25, -0.2) is 0 Å². The molecule has 0 saturated heterocycles. The lowest BCUT2D eigenvalue weighted by atomic mass is 10.2. The maximum atomic E-state index is 11.4. The molecule has 13 heavy (non-hydrogen) atoms. The van der Waals surface area contributed by atoms with Gasteiger partial charge < -0.3 is 4.57 Å². The molecular weight excluding hydrogens is 187 g/mol. The summed E-state index contributed by atoms with van der Waals surface area (Å²) in [6.45, 7) is 7.43. The van der Waals surface area contributed by atoms with Crippen LogP contribution in [0, 0.1) is 0 Å². The summed E-state index contributed by atoms with van der Waals surface area (Å²) in [5, 5.41) is 11.8. The van der Waals surface area contributed by atoms with Crippen LogP contribution < -0.4 is 0 Å². The third-order valence-electron chi connectivity index (χ3n) is 1.45. The number of hydrogen-bond acceptors (Lipinski definition) is 4. The fourth-order valence-electron chi connectivity index (χ4n) is 0.851. The monoisotopic (exact) mass is 202 g/mol. The van der Waals surface area contributed by atoms with Crippen LogP contribution in [-0.2, 0) is 10.9 Å². The van der Waals surface area contributed by atoms with E-state index >= 15 is 0 Å². The van der Waals surface area contributed by atoms with Crippen molar-refractivity contribution in [2.24, 2.45) is 0 Å². The molecular formula is C7H15N4OP. The van der Waals surface area contributed by atoms with Gasteiger partial charge in [0.1, 0.15) is 13.4 Å². The molecule has 0 aliphatic rings. The molecule has 0 saturated carbocycles. The molecule has 0 N–H and O–H groups in total. The van der Waals surface area contributed by atoms with E-state index in [-0.39, 0.29) is 5.92 Å². The Morgan fingerprint density at radius 3 is 2.46 bits per heavy atom. The van der Waals surface area contributed by atoms with Gasteiger partial charge >= 0.3 is 0 Å². The summed E-state index contributed by atoms with van der Waals surface area (Å²) in [7, 11) is -2.11. The van der Waals surface area contributed by atoms with Gasteiger partial charge in [0.25, 0.3) is 0 Å². The molecule has 0 aromatic carbocycles. The van der Waals surface area contributed by atoms with E-state index in [9.17, 15) is 4.57 Å². The Kier molecular flexibility index (Phi) is 2.86. The number of hydrogen-bond donors (Lipinski definition) is 0. The van der Waals surface area contributed by atoms with Crippen LogP contribution in [0.3, 0.4) is 0 Å². The fraction of sp³-hybridized carbons (Fsp3) is 0.857. The van der Waals surface area contributed by atoms with E-state index in [4.69, 9.17) is 0 Å². The van der Waals surface area contributed by atoms with Gasteiger partial charge in [-0.15, -0.1) is 10.2 Å². The van der Waals surface area contributed by atoms with Crippen molar-refractivity contribution in [2.45, 2.75) is 26.1 Å². The van der Waals surface area contributed by atoms with Gasteiger partial charge in [0.15, 0.2) is 5.82 Å². The Bertz CT molecular complexity index is 327. The minimum absolute atomic E-state index is 0.266. The SMILES string of the molecule is CC(C)c1nnn(CP(C)(C)=O)n1. The molecule has 0 aliphatic carbocycles. The minimum atomic E-state index is -2.11. The summed E-state index contributed by atoms with van der Waals surface area (Å²) < 4.78 is 11.4. The van der Waals surface area contributed by atoms with Crippen LogP contribution in [0.15, 0.2) is 0 Å². The smallest absolute Gasteiger partial charge is 0.177 e. The highest BCUT2D eigenvalue weighted by Crippen LogP contribution is 2.37. The van der Waals surface area contributed by atoms with Crippen molar-refractivity contribution in [3.8, 4) is 0 Å². The number of rotatable bonds is 3. The van der Waals surface area contributed by atoms with E-state index in [0.717, 1.165) is 0 Å². The average molecular weight is 202 g/mol. The summed E-state index contributed by atoms with van der Waals surface area (Å²) in [4.78, 5) is 1.41. The highest BCUT2D eigenvalue weighted by molar-refractivity contribution is 7.61. The third kappa shape index (κ3) is 3.27. The Morgan fingerprint density at radius 2 is 2.08 bits per heavy atom. The van der Waals surface area contributed by atoms with Gasteiger partial charge in [-0.3, -0.25) is 0 Å². The van der Waals surface area contributed by atoms with Crippen molar-refractivity contribution in [1.29, 1.82) is 0 Å². The maximum Gasteiger partial charge on any atom is 0.177 e. The standard InChI is InChI=1S/C7H15N4OP/c1-6(2)7-8-10-11(9-7)5-13(3,4)12/h6H,5H2,1-4H3. The predicted molar refractivity (Wildman–Crippen MR) is 51.4 cm³/mol. The van der Waals surface area contributed by atoms with Gasteiger partial charge in [-0.2, -0.15) is 4.80 Å². The summed E-state index contributed by atoms with van der Waals surface area (Å²) in [6, 6.07) is 0. The maximum absolute atomic E-state index is 11.4. The second kappa shape index (κ2) is 3.58. The molecule has 6 heteroatoms. The molecule has 5 nitrogen and oxygen atoms in total. The topological polar surface area (TPSA) is 60.7 Å². The van der Waals surface area contributed by atoms with Gasteiger partial charge in [-0.05, 0) is 18.5 Å². The van der Waals surface area contributed by atoms with E-state index < -0.39 is 7.14 Å². The molecule has 1 heterocycles. The molecule has 0 bridgehead atoms. The Labute approximate surface area is 77.9 Å². The van der Waals surface area contributed by atoms with Crippen LogP contribution in [0.1, 0.15) is 25.6 Å². The first-order valence-corrected chi connectivity index (χ1v) is 6.99. The molecule has 0 fully saturated rings. The van der Waals surface area contributed by atoms with E-state index in [1.54, 1.807) is 13.3 Å². The first-order valence-electron chi connectivity index (χ1n) is 4.20. The van der Waals surface area contributed by atoms with Gasteiger partial charge in [0.2, 0.25) is 0 Å². The lowest BCUT2D eigenvalue weighted by molar-refractivity contribution is 0.547. The van der Waals surface area contributed by atoms with Crippen LogP contribution in [0.2, 0.25) is 0 Å². The van der Waals surface area contributed by atoms with Crippen molar-refractivity contribution in [1.82, 2.24) is 20.2 Å². The quantitative estimate of drug-likeness (QED) is 0.694. The third-order valence-corrected chi connectivity index (χ3v) is 2.39. The van der Waals surface area contributed by atoms with E-state index in [2.05, 4.69) is 15.4 Å². The van der Waals surface area contributed by atoms with Crippen LogP contribution >= 0.6 is 7.14 Å². The van der Waals surface area contributed by atoms with Crippen molar-refractivity contribution in [3.05, 3.63) is 5.82 Å². The zero-order valence-corrected chi connectivity index (χ0v) is 9.32. The average Bonchev–Trinajstić information content (AvgIpc) is 2.31. The summed E-state index contributed by atoms with van der Waals surface area (Å²) in [6.07, 6.45) is 0.368. The zero-order valence-electron chi connectivity index (χ0n) is 8.43. The van der Waals surface area contributed by atoms with E-state index in [1.165, 1.54) is 4.80 Å². The molecule has 0 spiro atoms. The second-order valence-electron chi connectivity index (χ2n) is 3.89. The molecule has 1 aromatic heterocycles. The first kappa shape index (κ1) is 10.4. The second-order valence-corrected chi connectivity index (χ2v) is 7.32. The normalized spacial score (nSPS) is 12.4.